The van der Waals surface area contributed by atoms with E-state index in [1.165, 1.54) is 4.90 Å². The SMILES string of the molecule is CN(CC#N)C(=O)c1cc(Br)cc(Br)c1. The minimum Gasteiger partial charge on any atom is -0.328 e. The Morgan fingerprint density at radius 1 is 1.40 bits per heavy atom. The Morgan fingerprint density at radius 2 is 1.93 bits per heavy atom. The average molecular weight is 332 g/mol. The average Bonchev–Trinajstić information content (AvgIpc) is 2.15. The van der Waals surface area contributed by atoms with Crippen molar-refractivity contribution in [3.8, 4) is 6.07 Å². The van der Waals surface area contributed by atoms with Gasteiger partial charge in [-0.15, -0.1) is 0 Å². The lowest BCUT2D eigenvalue weighted by molar-refractivity contribution is 0.0812. The van der Waals surface area contributed by atoms with E-state index >= 15 is 0 Å². The minimum atomic E-state index is -0.168. The predicted molar refractivity (Wildman–Crippen MR) is 64.4 cm³/mol. The summed E-state index contributed by atoms with van der Waals surface area (Å²) < 4.78 is 1.65. The summed E-state index contributed by atoms with van der Waals surface area (Å²) in [6.45, 7) is 0.0863. The van der Waals surface area contributed by atoms with Crippen molar-refractivity contribution < 1.29 is 4.79 Å². The summed E-state index contributed by atoms with van der Waals surface area (Å²) in [4.78, 5) is 13.1. The van der Waals surface area contributed by atoms with E-state index in [1.807, 2.05) is 12.1 Å². The van der Waals surface area contributed by atoms with E-state index in [9.17, 15) is 4.79 Å². The quantitative estimate of drug-likeness (QED) is 0.782. The minimum absolute atomic E-state index is 0.0863. The van der Waals surface area contributed by atoms with Crippen molar-refractivity contribution in [2.75, 3.05) is 13.6 Å². The number of amides is 1. The third-order valence-corrected chi connectivity index (χ3v) is 2.68. The van der Waals surface area contributed by atoms with Crippen molar-refractivity contribution in [1.29, 1.82) is 5.26 Å². The molecule has 0 saturated heterocycles. The van der Waals surface area contributed by atoms with Gasteiger partial charge in [0.1, 0.15) is 6.54 Å². The molecule has 0 saturated carbocycles. The predicted octanol–water partition coefficient (Wildman–Crippen LogP) is 2.81. The first kappa shape index (κ1) is 12.2. The van der Waals surface area contributed by atoms with Crippen LogP contribution in [0.25, 0.3) is 0 Å². The van der Waals surface area contributed by atoms with Gasteiger partial charge in [-0.3, -0.25) is 4.79 Å². The van der Waals surface area contributed by atoms with Gasteiger partial charge in [0.25, 0.3) is 5.91 Å². The van der Waals surface area contributed by atoms with Crippen molar-refractivity contribution in [3.05, 3.63) is 32.7 Å². The Balaban J connectivity index is 2.97. The molecule has 1 aromatic carbocycles. The van der Waals surface area contributed by atoms with Gasteiger partial charge in [0.2, 0.25) is 0 Å². The van der Waals surface area contributed by atoms with Crippen molar-refractivity contribution in [1.82, 2.24) is 4.90 Å². The van der Waals surface area contributed by atoms with Gasteiger partial charge in [0.15, 0.2) is 0 Å². The molecule has 0 spiro atoms. The van der Waals surface area contributed by atoms with Crippen molar-refractivity contribution in [2.24, 2.45) is 0 Å². The van der Waals surface area contributed by atoms with E-state index in [2.05, 4.69) is 31.9 Å². The molecular formula is C10H8Br2N2O. The van der Waals surface area contributed by atoms with E-state index in [4.69, 9.17) is 5.26 Å². The van der Waals surface area contributed by atoms with Gasteiger partial charge in [-0.2, -0.15) is 5.26 Å². The molecule has 0 atom stereocenters. The molecule has 0 aromatic heterocycles. The lowest BCUT2D eigenvalue weighted by Gasteiger charge is -2.13. The van der Waals surface area contributed by atoms with Crippen LogP contribution in [-0.2, 0) is 0 Å². The number of halogens is 2. The molecule has 5 heteroatoms. The number of carbonyl (C=O) groups excluding carboxylic acids is 1. The number of nitrogens with zero attached hydrogens (tertiary/aromatic N) is 2. The maximum Gasteiger partial charge on any atom is 0.254 e. The van der Waals surface area contributed by atoms with Gasteiger partial charge < -0.3 is 4.90 Å². The highest BCUT2D eigenvalue weighted by molar-refractivity contribution is 9.11. The van der Waals surface area contributed by atoms with Crippen LogP contribution in [0.1, 0.15) is 10.4 Å². The summed E-state index contributed by atoms with van der Waals surface area (Å²) >= 11 is 6.61. The monoisotopic (exact) mass is 330 g/mol. The van der Waals surface area contributed by atoms with Crippen LogP contribution in [0, 0.1) is 11.3 Å². The molecule has 0 N–H and O–H groups in total. The van der Waals surface area contributed by atoms with E-state index < -0.39 is 0 Å². The Hall–Kier alpha value is -0.860. The number of benzene rings is 1. The molecular weight excluding hydrogens is 324 g/mol. The summed E-state index contributed by atoms with van der Waals surface area (Å²) in [6.07, 6.45) is 0. The summed E-state index contributed by atoms with van der Waals surface area (Å²) in [7, 11) is 1.60. The lowest BCUT2D eigenvalue weighted by atomic mass is 10.2. The molecule has 78 valence electrons. The maximum atomic E-state index is 11.8. The fourth-order valence-corrected chi connectivity index (χ4v) is 2.37. The number of carbonyl (C=O) groups is 1. The zero-order valence-corrected chi connectivity index (χ0v) is 11.2. The zero-order chi connectivity index (χ0) is 11.4. The van der Waals surface area contributed by atoms with Gasteiger partial charge in [-0.1, -0.05) is 31.9 Å². The normalized spacial score (nSPS) is 9.47. The second kappa shape index (κ2) is 5.29. The Kier molecular flexibility index (Phi) is 4.30. The number of nitriles is 1. The summed E-state index contributed by atoms with van der Waals surface area (Å²) in [5.74, 6) is -0.168. The maximum absolute atomic E-state index is 11.8. The second-order valence-electron chi connectivity index (χ2n) is 2.98. The molecule has 0 radical (unpaired) electrons. The molecule has 0 unspecified atom stereocenters. The molecule has 3 nitrogen and oxygen atoms in total. The first-order chi connectivity index (χ1) is 7.04. The Morgan fingerprint density at radius 3 is 2.40 bits per heavy atom. The standard InChI is InChI=1S/C10H8Br2N2O/c1-14(3-2-13)10(15)7-4-8(11)6-9(12)5-7/h4-6H,3H2,1H3. The smallest absolute Gasteiger partial charge is 0.254 e. The molecule has 1 aromatic rings. The molecule has 0 aliphatic heterocycles. The van der Waals surface area contributed by atoms with Crippen LogP contribution in [-0.4, -0.2) is 24.4 Å². The first-order valence-corrected chi connectivity index (χ1v) is 5.71. The van der Waals surface area contributed by atoms with Gasteiger partial charge in [-0.25, -0.2) is 0 Å². The number of rotatable bonds is 2. The van der Waals surface area contributed by atoms with E-state index in [-0.39, 0.29) is 12.5 Å². The molecule has 0 bridgehead atoms. The second-order valence-corrected chi connectivity index (χ2v) is 4.81. The fraction of sp³-hybridized carbons (Fsp3) is 0.200. The van der Waals surface area contributed by atoms with E-state index in [0.29, 0.717) is 5.56 Å². The molecule has 0 heterocycles. The highest BCUT2D eigenvalue weighted by Gasteiger charge is 2.12. The van der Waals surface area contributed by atoms with Crippen LogP contribution in [0.15, 0.2) is 27.1 Å². The molecule has 0 aliphatic rings. The van der Waals surface area contributed by atoms with Crippen molar-refractivity contribution >= 4 is 37.8 Å². The zero-order valence-electron chi connectivity index (χ0n) is 8.00. The summed E-state index contributed by atoms with van der Waals surface area (Å²) in [6, 6.07) is 7.22. The molecule has 1 amide bonds. The molecule has 1 rings (SSSR count). The van der Waals surface area contributed by atoms with Crippen molar-refractivity contribution in [2.45, 2.75) is 0 Å². The lowest BCUT2D eigenvalue weighted by Crippen LogP contribution is -2.26. The summed E-state index contributed by atoms with van der Waals surface area (Å²) in [5, 5.41) is 8.48. The van der Waals surface area contributed by atoms with Gasteiger partial charge in [0.05, 0.1) is 6.07 Å². The third-order valence-electron chi connectivity index (χ3n) is 1.76. The number of hydrogen-bond acceptors (Lipinski definition) is 2. The Bertz CT molecular complexity index is 406. The highest BCUT2D eigenvalue weighted by Crippen LogP contribution is 2.20. The van der Waals surface area contributed by atoms with Crippen LogP contribution in [0.2, 0.25) is 0 Å². The first-order valence-electron chi connectivity index (χ1n) is 4.13. The number of hydrogen-bond donors (Lipinski definition) is 0. The largest absolute Gasteiger partial charge is 0.328 e. The van der Waals surface area contributed by atoms with E-state index in [0.717, 1.165) is 8.95 Å². The van der Waals surface area contributed by atoms with Crippen LogP contribution in [0.4, 0.5) is 0 Å². The molecule has 15 heavy (non-hydrogen) atoms. The molecule has 0 fully saturated rings. The van der Waals surface area contributed by atoms with Crippen LogP contribution < -0.4 is 0 Å². The highest BCUT2D eigenvalue weighted by atomic mass is 79.9. The van der Waals surface area contributed by atoms with Gasteiger partial charge in [-0.05, 0) is 18.2 Å². The third kappa shape index (κ3) is 3.33. The molecule has 0 aliphatic carbocycles. The van der Waals surface area contributed by atoms with Gasteiger partial charge >= 0.3 is 0 Å². The van der Waals surface area contributed by atoms with Crippen LogP contribution in [0.5, 0.6) is 0 Å². The van der Waals surface area contributed by atoms with Crippen LogP contribution >= 0.6 is 31.9 Å². The van der Waals surface area contributed by atoms with Crippen LogP contribution in [0.3, 0.4) is 0 Å². The van der Waals surface area contributed by atoms with E-state index in [1.54, 1.807) is 19.2 Å². The van der Waals surface area contributed by atoms with Crippen molar-refractivity contribution in [3.63, 3.8) is 0 Å². The fourth-order valence-electron chi connectivity index (χ4n) is 1.08. The van der Waals surface area contributed by atoms with Gasteiger partial charge in [0, 0.05) is 21.6 Å². The topological polar surface area (TPSA) is 44.1 Å². The summed E-state index contributed by atoms with van der Waals surface area (Å²) in [5.41, 5.74) is 0.550. The Labute approximate surface area is 105 Å².